The van der Waals surface area contributed by atoms with E-state index in [2.05, 4.69) is 24.5 Å². The van der Waals surface area contributed by atoms with Gasteiger partial charge in [0.05, 0.1) is 24.1 Å². The van der Waals surface area contributed by atoms with E-state index >= 15 is 0 Å². The zero-order chi connectivity index (χ0) is 22.0. The summed E-state index contributed by atoms with van der Waals surface area (Å²) >= 11 is 0. The topological polar surface area (TPSA) is 108 Å². The summed E-state index contributed by atoms with van der Waals surface area (Å²) in [5, 5.41) is 16.2. The molecule has 3 N–H and O–H groups in total. The predicted molar refractivity (Wildman–Crippen MR) is 116 cm³/mol. The number of phenolic OH excluding ortho intramolecular Hbond substituents is 1. The third-order valence-corrected chi connectivity index (χ3v) is 4.95. The molecule has 2 aromatic rings. The van der Waals surface area contributed by atoms with Gasteiger partial charge in [-0.25, -0.2) is 0 Å². The van der Waals surface area contributed by atoms with E-state index in [1.54, 1.807) is 26.4 Å². The average Bonchev–Trinajstić information content (AvgIpc) is 2.73. The van der Waals surface area contributed by atoms with Crippen molar-refractivity contribution in [1.82, 2.24) is 4.90 Å². The number of aromatic hydroxyl groups is 1. The number of anilines is 3. The minimum atomic E-state index is -0.695. The van der Waals surface area contributed by atoms with E-state index in [0.29, 0.717) is 11.7 Å². The lowest BCUT2D eigenvalue weighted by Gasteiger charge is -2.21. The Morgan fingerprint density at radius 1 is 1.20 bits per heavy atom. The number of benzene rings is 1. The van der Waals surface area contributed by atoms with E-state index in [4.69, 9.17) is 4.74 Å². The SMILES string of the molecule is CC(C)C1C=COC(CNc2c(Nc3cccc(C(=O)N(C)C)c3O)c(=O)c2=O)=C1. The number of amides is 1. The molecule has 0 spiro atoms. The van der Waals surface area contributed by atoms with Crippen molar-refractivity contribution in [2.45, 2.75) is 13.8 Å². The van der Waals surface area contributed by atoms with Crippen LogP contribution in [0.1, 0.15) is 24.2 Å². The predicted octanol–water partition coefficient (Wildman–Crippen LogP) is 2.55. The fraction of sp³-hybridized carbons (Fsp3) is 0.318. The van der Waals surface area contributed by atoms with Gasteiger partial charge in [-0.05, 0) is 30.2 Å². The molecular formula is C22H25N3O5. The molecule has 0 aromatic heterocycles. The lowest BCUT2D eigenvalue weighted by Crippen LogP contribution is -2.37. The van der Waals surface area contributed by atoms with Gasteiger partial charge >= 0.3 is 0 Å². The summed E-state index contributed by atoms with van der Waals surface area (Å²) in [6.45, 7) is 4.43. The molecule has 158 valence electrons. The second-order valence-electron chi connectivity index (χ2n) is 7.69. The number of allylic oxidation sites excluding steroid dienone is 2. The van der Waals surface area contributed by atoms with Gasteiger partial charge in [-0.15, -0.1) is 0 Å². The van der Waals surface area contributed by atoms with Gasteiger partial charge < -0.3 is 25.4 Å². The molecule has 30 heavy (non-hydrogen) atoms. The first kappa shape index (κ1) is 21.2. The van der Waals surface area contributed by atoms with Gasteiger partial charge in [-0.1, -0.05) is 19.9 Å². The fourth-order valence-electron chi connectivity index (χ4n) is 3.09. The highest BCUT2D eigenvalue weighted by Crippen LogP contribution is 2.32. The fourth-order valence-corrected chi connectivity index (χ4v) is 3.09. The third-order valence-electron chi connectivity index (χ3n) is 4.95. The van der Waals surface area contributed by atoms with Crippen LogP contribution in [0.2, 0.25) is 0 Å². The molecule has 0 aliphatic carbocycles. The van der Waals surface area contributed by atoms with Gasteiger partial charge in [0.1, 0.15) is 17.1 Å². The van der Waals surface area contributed by atoms with Crippen LogP contribution in [0, 0.1) is 11.8 Å². The van der Waals surface area contributed by atoms with Crippen LogP contribution in [0.5, 0.6) is 5.75 Å². The number of carbonyl (C=O) groups excluding carboxylic acids is 1. The molecule has 3 rings (SSSR count). The second kappa shape index (κ2) is 8.44. The molecule has 0 saturated heterocycles. The minimum absolute atomic E-state index is 0.0390. The molecule has 2 aromatic carbocycles. The van der Waals surface area contributed by atoms with Crippen molar-refractivity contribution < 1.29 is 14.6 Å². The summed E-state index contributed by atoms with van der Waals surface area (Å²) in [7, 11) is 3.14. The van der Waals surface area contributed by atoms with Crippen LogP contribution in [-0.2, 0) is 4.74 Å². The van der Waals surface area contributed by atoms with Crippen LogP contribution in [0.25, 0.3) is 0 Å². The molecule has 1 heterocycles. The Morgan fingerprint density at radius 3 is 2.57 bits per heavy atom. The monoisotopic (exact) mass is 411 g/mol. The number of phenols is 1. The standard InChI is InChI=1S/C22H25N3O5/c1-12(2)13-8-9-30-14(10-13)11-23-17-18(21(28)20(17)27)24-16-7-5-6-15(19(16)26)22(29)25(3)4/h5-10,12-13,23-24,26H,11H2,1-4H3. The Balaban J connectivity index is 1.78. The quantitative estimate of drug-likeness (QED) is 0.475. The minimum Gasteiger partial charge on any atom is -0.505 e. The van der Waals surface area contributed by atoms with Crippen molar-refractivity contribution >= 4 is 23.0 Å². The highest BCUT2D eigenvalue weighted by atomic mass is 16.5. The van der Waals surface area contributed by atoms with Crippen molar-refractivity contribution in [3.05, 3.63) is 68.4 Å². The van der Waals surface area contributed by atoms with Gasteiger partial charge in [0.15, 0.2) is 5.75 Å². The largest absolute Gasteiger partial charge is 0.505 e. The van der Waals surface area contributed by atoms with Crippen LogP contribution in [0.15, 0.2) is 52.0 Å². The summed E-state index contributed by atoms with van der Waals surface area (Å²) in [6, 6.07) is 4.58. The van der Waals surface area contributed by atoms with Crippen LogP contribution in [-0.4, -0.2) is 36.6 Å². The zero-order valence-corrected chi connectivity index (χ0v) is 17.4. The Kier molecular flexibility index (Phi) is 5.96. The van der Waals surface area contributed by atoms with E-state index in [1.807, 2.05) is 12.2 Å². The summed E-state index contributed by atoms with van der Waals surface area (Å²) < 4.78 is 5.47. The number of nitrogens with zero attached hydrogens (tertiary/aromatic N) is 1. The van der Waals surface area contributed by atoms with Gasteiger partial charge in [-0.3, -0.25) is 14.4 Å². The Morgan fingerprint density at radius 2 is 1.90 bits per heavy atom. The third kappa shape index (κ3) is 4.07. The zero-order valence-electron chi connectivity index (χ0n) is 17.4. The molecule has 1 unspecified atom stereocenters. The van der Waals surface area contributed by atoms with Gasteiger partial charge in [-0.2, -0.15) is 0 Å². The van der Waals surface area contributed by atoms with E-state index in [9.17, 15) is 19.5 Å². The van der Waals surface area contributed by atoms with E-state index in [1.165, 1.54) is 17.0 Å². The maximum Gasteiger partial charge on any atom is 0.257 e. The van der Waals surface area contributed by atoms with Crippen molar-refractivity contribution in [1.29, 1.82) is 0 Å². The summed E-state index contributed by atoms with van der Waals surface area (Å²) in [5.41, 5.74) is -0.940. The normalized spacial score (nSPS) is 15.6. The van der Waals surface area contributed by atoms with E-state index < -0.39 is 10.9 Å². The average molecular weight is 411 g/mol. The first-order valence-electron chi connectivity index (χ1n) is 9.62. The highest BCUT2D eigenvalue weighted by Gasteiger charge is 2.24. The summed E-state index contributed by atoms with van der Waals surface area (Å²) in [4.78, 5) is 37.7. The molecule has 0 radical (unpaired) electrons. The first-order valence-corrected chi connectivity index (χ1v) is 9.62. The van der Waals surface area contributed by atoms with Crippen LogP contribution < -0.4 is 21.5 Å². The van der Waals surface area contributed by atoms with Crippen LogP contribution in [0.4, 0.5) is 17.1 Å². The Labute approximate surface area is 174 Å². The number of carbonyl (C=O) groups is 1. The molecule has 0 saturated carbocycles. The Bertz CT molecular complexity index is 1090. The van der Waals surface area contributed by atoms with Gasteiger partial charge in [0, 0.05) is 20.0 Å². The number of ether oxygens (including phenoxy) is 1. The van der Waals surface area contributed by atoms with Crippen molar-refractivity contribution in [2.75, 3.05) is 31.3 Å². The molecule has 8 nitrogen and oxygen atoms in total. The number of nitrogens with one attached hydrogen (secondary N) is 2. The molecule has 8 heteroatoms. The van der Waals surface area contributed by atoms with Gasteiger partial charge in [0.25, 0.3) is 16.8 Å². The van der Waals surface area contributed by atoms with Crippen LogP contribution >= 0.6 is 0 Å². The maximum atomic E-state index is 12.2. The Hall–Kier alpha value is -3.55. The van der Waals surface area contributed by atoms with E-state index in [-0.39, 0.29) is 46.7 Å². The molecular weight excluding hydrogens is 386 g/mol. The summed E-state index contributed by atoms with van der Waals surface area (Å²) in [5.74, 6) is 0.613. The smallest absolute Gasteiger partial charge is 0.257 e. The van der Waals surface area contributed by atoms with Gasteiger partial charge in [0.2, 0.25) is 0 Å². The number of hydrogen-bond donors (Lipinski definition) is 3. The highest BCUT2D eigenvalue weighted by molar-refractivity contribution is 5.99. The molecule has 1 aliphatic heterocycles. The molecule has 1 aliphatic rings. The van der Waals surface area contributed by atoms with Crippen LogP contribution in [0.3, 0.4) is 0 Å². The molecule has 1 amide bonds. The maximum absolute atomic E-state index is 12.2. The molecule has 0 fully saturated rings. The second-order valence-corrected chi connectivity index (χ2v) is 7.69. The first-order chi connectivity index (χ1) is 14.2. The lowest BCUT2D eigenvalue weighted by atomic mass is 9.94. The number of para-hydroxylation sites is 1. The molecule has 0 bridgehead atoms. The summed E-state index contributed by atoms with van der Waals surface area (Å²) in [6.07, 6.45) is 5.55. The molecule has 1 atom stereocenters. The van der Waals surface area contributed by atoms with Crippen molar-refractivity contribution in [3.63, 3.8) is 0 Å². The van der Waals surface area contributed by atoms with E-state index in [0.717, 1.165) is 0 Å². The van der Waals surface area contributed by atoms with Crippen molar-refractivity contribution in [2.24, 2.45) is 11.8 Å². The number of rotatable bonds is 7. The lowest BCUT2D eigenvalue weighted by molar-refractivity contribution is 0.0824. The number of hydrogen-bond acceptors (Lipinski definition) is 7. The van der Waals surface area contributed by atoms with Crippen molar-refractivity contribution in [3.8, 4) is 5.75 Å².